The second-order valence-electron chi connectivity index (χ2n) is 5.12. The minimum absolute atomic E-state index is 0.432. The van der Waals surface area contributed by atoms with E-state index in [0.717, 1.165) is 29.8 Å². The van der Waals surface area contributed by atoms with Crippen molar-refractivity contribution < 1.29 is 0 Å². The first-order chi connectivity index (χ1) is 9.79. The maximum Gasteiger partial charge on any atom is 0.143 e. The van der Waals surface area contributed by atoms with Gasteiger partial charge in [-0.3, -0.25) is 0 Å². The fourth-order valence-electron chi connectivity index (χ4n) is 2.84. The van der Waals surface area contributed by atoms with Crippen molar-refractivity contribution in [3.63, 3.8) is 0 Å². The number of anilines is 1. The van der Waals surface area contributed by atoms with Gasteiger partial charge < -0.3 is 10.2 Å². The molecule has 2 heterocycles. The number of hydrogen-bond acceptors (Lipinski definition) is 3. The Bertz CT molecular complexity index is 600. The summed E-state index contributed by atoms with van der Waals surface area (Å²) < 4.78 is 1.06. The van der Waals surface area contributed by atoms with Crippen LogP contribution in [-0.4, -0.2) is 24.6 Å². The Morgan fingerprint density at radius 1 is 1.25 bits per heavy atom. The predicted octanol–water partition coefficient (Wildman–Crippen LogP) is 2.99. The molecule has 0 radical (unpaired) electrons. The van der Waals surface area contributed by atoms with Crippen LogP contribution in [0.2, 0.25) is 0 Å². The highest BCUT2D eigenvalue weighted by Gasteiger charge is 2.27. The lowest BCUT2D eigenvalue weighted by molar-refractivity contribution is 0.523. The summed E-state index contributed by atoms with van der Waals surface area (Å²) in [5.41, 5.74) is 2.86. The molecule has 2 aromatic rings. The van der Waals surface area contributed by atoms with Gasteiger partial charge in [0.2, 0.25) is 0 Å². The Hall–Kier alpha value is -1.39. The van der Waals surface area contributed by atoms with Crippen LogP contribution in [0.25, 0.3) is 0 Å². The Labute approximate surface area is 128 Å². The van der Waals surface area contributed by atoms with Crippen molar-refractivity contribution >= 4 is 21.7 Å². The largest absolute Gasteiger partial charge is 0.347 e. The second kappa shape index (κ2) is 5.94. The van der Waals surface area contributed by atoms with Gasteiger partial charge in [-0.2, -0.15) is 0 Å². The smallest absolute Gasteiger partial charge is 0.143 e. The third-order valence-electron chi connectivity index (χ3n) is 3.81. The summed E-state index contributed by atoms with van der Waals surface area (Å²) in [6.07, 6.45) is 2.91. The molecule has 0 fully saturated rings. The highest BCUT2D eigenvalue weighted by Crippen LogP contribution is 2.31. The topological polar surface area (TPSA) is 28.2 Å². The van der Waals surface area contributed by atoms with Gasteiger partial charge in [0, 0.05) is 25.3 Å². The van der Waals surface area contributed by atoms with Gasteiger partial charge in [-0.25, -0.2) is 4.98 Å². The number of halogens is 1. The number of nitrogens with one attached hydrogen (secondary N) is 1. The molecule has 1 atom stereocenters. The zero-order valence-corrected chi connectivity index (χ0v) is 13.1. The Balaban J connectivity index is 1.98. The number of rotatable bonds is 3. The van der Waals surface area contributed by atoms with E-state index in [1.54, 1.807) is 0 Å². The average Bonchev–Trinajstić information content (AvgIpc) is 2.48. The number of pyridine rings is 1. The molecule has 4 heteroatoms. The van der Waals surface area contributed by atoms with Gasteiger partial charge in [0.05, 0.1) is 4.47 Å². The van der Waals surface area contributed by atoms with Crippen molar-refractivity contribution in [3.8, 4) is 0 Å². The molecule has 0 saturated heterocycles. The van der Waals surface area contributed by atoms with Crippen molar-refractivity contribution in [2.45, 2.75) is 19.0 Å². The van der Waals surface area contributed by atoms with Gasteiger partial charge in [-0.15, -0.1) is 0 Å². The van der Waals surface area contributed by atoms with E-state index in [-0.39, 0.29) is 0 Å². The lowest BCUT2D eigenvalue weighted by Gasteiger charge is -2.38. The van der Waals surface area contributed by atoms with Crippen LogP contribution in [0.5, 0.6) is 0 Å². The van der Waals surface area contributed by atoms with Crippen LogP contribution in [0, 0.1) is 0 Å². The summed E-state index contributed by atoms with van der Waals surface area (Å²) in [4.78, 5) is 6.95. The lowest BCUT2D eigenvalue weighted by Crippen LogP contribution is -2.46. The van der Waals surface area contributed by atoms with E-state index in [9.17, 15) is 0 Å². The first-order valence-electron chi connectivity index (χ1n) is 6.88. The van der Waals surface area contributed by atoms with Crippen LogP contribution >= 0.6 is 15.9 Å². The fourth-order valence-corrected chi connectivity index (χ4v) is 3.32. The molecule has 1 aliphatic heterocycles. The van der Waals surface area contributed by atoms with Gasteiger partial charge in [-0.1, -0.05) is 24.3 Å². The van der Waals surface area contributed by atoms with E-state index in [1.165, 1.54) is 11.1 Å². The molecule has 1 aromatic carbocycles. The minimum Gasteiger partial charge on any atom is -0.347 e. The molecule has 0 spiro atoms. The molecule has 104 valence electrons. The van der Waals surface area contributed by atoms with Crippen LogP contribution < -0.4 is 10.2 Å². The number of benzene rings is 1. The molecule has 1 aliphatic rings. The average molecular weight is 332 g/mol. The van der Waals surface area contributed by atoms with Crippen LogP contribution in [0.4, 0.5) is 5.82 Å². The van der Waals surface area contributed by atoms with E-state index in [4.69, 9.17) is 0 Å². The number of aromatic nitrogens is 1. The third-order valence-corrected chi connectivity index (χ3v) is 4.43. The highest BCUT2D eigenvalue weighted by molar-refractivity contribution is 9.10. The highest BCUT2D eigenvalue weighted by atomic mass is 79.9. The summed E-state index contributed by atoms with van der Waals surface area (Å²) in [7, 11) is 2.01. The summed E-state index contributed by atoms with van der Waals surface area (Å²) in [5, 5.41) is 3.30. The zero-order chi connectivity index (χ0) is 13.9. The van der Waals surface area contributed by atoms with E-state index in [1.807, 2.05) is 19.3 Å². The Morgan fingerprint density at radius 2 is 2.05 bits per heavy atom. The van der Waals surface area contributed by atoms with Crippen LogP contribution in [0.3, 0.4) is 0 Å². The Morgan fingerprint density at radius 3 is 2.80 bits per heavy atom. The molecule has 20 heavy (non-hydrogen) atoms. The fraction of sp³-hybridized carbons (Fsp3) is 0.312. The van der Waals surface area contributed by atoms with Crippen molar-refractivity contribution in [1.29, 1.82) is 0 Å². The second-order valence-corrected chi connectivity index (χ2v) is 5.98. The molecule has 0 saturated carbocycles. The van der Waals surface area contributed by atoms with E-state index in [2.05, 4.69) is 61.5 Å². The molecule has 3 rings (SSSR count). The van der Waals surface area contributed by atoms with Gasteiger partial charge in [0.25, 0.3) is 0 Å². The predicted molar refractivity (Wildman–Crippen MR) is 86.0 cm³/mol. The van der Waals surface area contributed by atoms with Crippen LogP contribution in [-0.2, 0) is 13.0 Å². The standard InChI is InChI=1S/C16H18BrN3/c1-18-10-14-9-12-5-2-3-6-13(12)11-20(14)16-15(17)7-4-8-19-16/h2-8,14,18H,9-11H2,1H3. The molecular weight excluding hydrogens is 314 g/mol. The summed E-state index contributed by atoms with van der Waals surface area (Å²) in [6.45, 7) is 1.87. The number of hydrogen-bond donors (Lipinski definition) is 1. The molecule has 0 bridgehead atoms. The van der Waals surface area contributed by atoms with Crippen molar-refractivity contribution in [1.82, 2.24) is 10.3 Å². The zero-order valence-electron chi connectivity index (χ0n) is 11.5. The van der Waals surface area contributed by atoms with Gasteiger partial charge in [0.15, 0.2) is 0 Å². The summed E-state index contributed by atoms with van der Waals surface area (Å²) in [5.74, 6) is 1.03. The van der Waals surface area contributed by atoms with Crippen molar-refractivity contribution in [2.24, 2.45) is 0 Å². The quantitative estimate of drug-likeness (QED) is 0.937. The van der Waals surface area contributed by atoms with Crippen LogP contribution in [0.15, 0.2) is 47.1 Å². The normalized spacial score (nSPS) is 17.9. The Kier molecular flexibility index (Phi) is 4.03. The summed E-state index contributed by atoms with van der Waals surface area (Å²) >= 11 is 3.63. The molecule has 3 nitrogen and oxygen atoms in total. The first-order valence-corrected chi connectivity index (χ1v) is 7.67. The molecular formula is C16H18BrN3. The SMILES string of the molecule is CNCC1Cc2ccccc2CN1c1ncccc1Br. The van der Waals surface area contributed by atoms with E-state index in [0.29, 0.717) is 6.04 Å². The maximum absolute atomic E-state index is 4.56. The van der Waals surface area contributed by atoms with Gasteiger partial charge in [-0.05, 0) is 52.7 Å². The lowest BCUT2D eigenvalue weighted by atomic mass is 9.94. The molecule has 1 unspecified atom stereocenters. The molecule has 1 N–H and O–H groups in total. The minimum atomic E-state index is 0.432. The molecule has 0 aliphatic carbocycles. The van der Waals surface area contributed by atoms with Gasteiger partial charge in [0.1, 0.15) is 5.82 Å². The number of likely N-dealkylation sites (N-methyl/N-ethyl adjacent to an activating group) is 1. The third kappa shape index (κ3) is 2.58. The molecule has 0 amide bonds. The summed E-state index contributed by atoms with van der Waals surface area (Å²) in [6, 6.07) is 13.1. The maximum atomic E-state index is 4.56. The van der Waals surface area contributed by atoms with Crippen molar-refractivity contribution in [3.05, 3.63) is 58.2 Å². The van der Waals surface area contributed by atoms with E-state index >= 15 is 0 Å². The number of nitrogens with zero attached hydrogens (tertiary/aromatic N) is 2. The van der Waals surface area contributed by atoms with Crippen molar-refractivity contribution in [2.75, 3.05) is 18.5 Å². The van der Waals surface area contributed by atoms with Gasteiger partial charge >= 0.3 is 0 Å². The van der Waals surface area contributed by atoms with E-state index < -0.39 is 0 Å². The monoisotopic (exact) mass is 331 g/mol. The van der Waals surface area contributed by atoms with Crippen LogP contribution in [0.1, 0.15) is 11.1 Å². The number of fused-ring (bicyclic) bond motifs is 1. The molecule has 1 aromatic heterocycles. The first kappa shape index (κ1) is 13.6.